The van der Waals surface area contributed by atoms with Crippen LogP contribution in [-0.4, -0.2) is 0 Å². The summed E-state index contributed by atoms with van der Waals surface area (Å²) in [6, 6.07) is 63.1. The molecule has 10 aromatic rings. The van der Waals surface area contributed by atoms with E-state index in [9.17, 15) is 0 Å². The van der Waals surface area contributed by atoms with E-state index in [0.717, 1.165) is 50.1 Å². The van der Waals surface area contributed by atoms with Crippen molar-refractivity contribution in [2.45, 2.75) is 0 Å². The van der Waals surface area contributed by atoms with E-state index < -0.39 is 0 Å². The maximum Gasteiger partial charge on any atom is 0.143 e. The molecule has 0 aliphatic rings. The summed E-state index contributed by atoms with van der Waals surface area (Å²) in [7, 11) is 0. The zero-order valence-electron chi connectivity index (χ0n) is 26.5. The Balaban J connectivity index is 1.11. The third kappa shape index (κ3) is 4.55. The summed E-state index contributed by atoms with van der Waals surface area (Å²) in [6.07, 6.45) is 0. The highest BCUT2D eigenvalue weighted by molar-refractivity contribution is 7.26. The lowest BCUT2D eigenvalue weighted by Crippen LogP contribution is -2.09. The smallest absolute Gasteiger partial charge is 0.143 e. The number of anilines is 3. The maximum absolute atomic E-state index is 6.36. The van der Waals surface area contributed by atoms with Gasteiger partial charge in [-0.05, 0) is 70.6 Å². The van der Waals surface area contributed by atoms with Crippen LogP contribution >= 0.6 is 11.3 Å². The minimum Gasteiger partial charge on any atom is -0.455 e. The summed E-state index contributed by atoms with van der Waals surface area (Å²) in [5, 5.41) is 7.43. The van der Waals surface area contributed by atoms with Crippen LogP contribution in [0.5, 0.6) is 0 Å². The van der Waals surface area contributed by atoms with Gasteiger partial charge in [-0.1, -0.05) is 127 Å². The van der Waals surface area contributed by atoms with Gasteiger partial charge in [-0.15, -0.1) is 11.3 Å². The number of thiophene rings is 1. The van der Waals surface area contributed by atoms with Crippen LogP contribution in [0.25, 0.3) is 75.1 Å². The van der Waals surface area contributed by atoms with Crippen molar-refractivity contribution < 1.29 is 4.42 Å². The molecule has 0 fully saturated rings. The zero-order valence-corrected chi connectivity index (χ0v) is 27.3. The van der Waals surface area contributed by atoms with Crippen molar-refractivity contribution in [1.29, 1.82) is 0 Å². The van der Waals surface area contributed by atoms with E-state index in [0.29, 0.717) is 0 Å². The summed E-state index contributed by atoms with van der Waals surface area (Å²) in [4.78, 5) is 2.33. The van der Waals surface area contributed by atoms with Gasteiger partial charge in [0.15, 0.2) is 0 Å². The van der Waals surface area contributed by atoms with Gasteiger partial charge >= 0.3 is 0 Å². The molecule has 2 heterocycles. The first-order valence-corrected chi connectivity index (χ1v) is 17.4. The fourth-order valence-corrected chi connectivity index (χ4v) is 8.62. The molecule has 0 radical (unpaired) electrons. The molecule has 0 aliphatic carbocycles. The Kier molecular flexibility index (Phi) is 6.39. The molecule has 0 bridgehead atoms. The minimum atomic E-state index is 0.921. The highest BCUT2D eigenvalue weighted by atomic mass is 32.1. The summed E-state index contributed by atoms with van der Waals surface area (Å²) in [5.41, 5.74) is 9.99. The van der Waals surface area contributed by atoms with Crippen LogP contribution in [0.2, 0.25) is 0 Å². The Morgan fingerprint density at radius 2 is 1.00 bits per heavy atom. The van der Waals surface area contributed by atoms with Gasteiger partial charge in [-0.25, -0.2) is 0 Å². The van der Waals surface area contributed by atoms with Gasteiger partial charge < -0.3 is 9.32 Å². The van der Waals surface area contributed by atoms with Gasteiger partial charge in [0.2, 0.25) is 0 Å². The number of para-hydroxylation sites is 4. The van der Waals surface area contributed by atoms with E-state index in [1.807, 2.05) is 23.5 Å². The predicted octanol–water partition coefficient (Wildman–Crippen LogP) is 13.9. The quantitative estimate of drug-likeness (QED) is 0.186. The normalized spacial score (nSPS) is 11.7. The SMILES string of the molecule is c1ccc(N(c2ccccc2)c2ccc3c(c2)sc2c4ccccc4c(-c4ccc(-c5cccc6c5oc5ccccc56)cc4)cc32)cc1. The lowest BCUT2D eigenvalue weighted by Gasteiger charge is -2.25. The van der Waals surface area contributed by atoms with Gasteiger partial charge in [0, 0.05) is 59.0 Å². The molecule has 8 aromatic carbocycles. The molecule has 0 N–H and O–H groups in total. The standard InChI is InChI=1S/C46H29NOS/c1-3-12-32(13-4-1)47(33-14-5-2-6-15-33)34-26-27-38-42-29-41(36-16-7-8-18-40(36)46(42)49-44(38)28-34)31-24-22-30(23-25-31)35-19-11-20-39-37-17-9-10-21-43(37)48-45(35)39/h1-29H. The Morgan fingerprint density at radius 3 is 1.73 bits per heavy atom. The Labute approximate surface area is 287 Å². The first-order chi connectivity index (χ1) is 24.3. The summed E-state index contributed by atoms with van der Waals surface area (Å²) < 4.78 is 8.97. The van der Waals surface area contributed by atoms with Crippen LogP contribution in [0.15, 0.2) is 180 Å². The Morgan fingerprint density at radius 1 is 0.388 bits per heavy atom. The largest absolute Gasteiger partial charge is 0.455 e. The number of furan rings is 1. The molecule has 2 nitrogen and oxygen atoms in total. The molecule has 0 unspecified atom stereocenters. The lowest BCUT2D eigenvalue weighted by molar-refractivity contribution is 0.670. The molecule has 230 valence electrons. The van der Waals surface area contributed by atoms with Crippen molar-refractivity contribution in [2.75, 3.05) is 4.90 Å². The topological polar surface area (TPSA) is 16.4 Å². The van der Waals surface area contributed by atoms with Crippen molar-refractivity contribution in [3.63, 3.8) is 0 Å². The van der Waals surface area contributed by atoms with Gasteiger partial charge in [-0.2, -0.15) is 0 Å². The minimum absolute atomic E-state index is 0.921. The van der Waals surface area contributed by atoms with Crippen LogP contribution < -0.4 is 4.90 Å². The first kappa shape index (κ1) is 27.9. The van der Waals surface area contributed by atoms with E-state index in [1.165, 1.54) is 42.1 Å². The van der Waals surface area contributed by atoms with Crippen LogP contribution in [-0.2, 0) is 0 Å². The molecule has 49 heavy (non-hydrogen) atoms. The first-order valence-electron chi connectivity index (χ1n) is 16.6. The molecule has 0 spiro atoms. The van der Waals surface area contributed by atoms with E-state index in [2.05, 4.69) is 169 Å². The Hall–Kier alpha value is -6.16. The maximum atomic E-state index is 6.36. The average Bonchev–Trinajstić information content (AvgIpc) is 3.74. The van der Waals surface area contributed by atoms with Crippen molar-refractivity contribution in [1.82, 2.24) is 0 Å². The second-order valence-corrected chi connectivity index (χ2v) is 13.5. The second-order valence-electron chi connectivity index (χ2n) is 12.5. The van der Waals surface area contributed by atoms with Crippen molar-refractivity contribution in [2.24, 2.45) is 0 Å². The highest BCUT2D eigenvalue weighted by Gasteiger charge is 2.18. The number of hydrogen-bond acceptors (Lipinski definition) is 3. The fourth-order valence-electron chi connectivity index (χ4n) is 7.37. The van der Waals surface area contributed by atoms with Gasteiger partial charge in [0.25, 0.3) is 0 Å². The monoisotopic (exact) mass is 643 g/mol. The second kappa shape index (κ2) is 11.2. The summed E-state index contributed by atoms with van der Waals surface area (Å²) in [6.45, 7) is 0. The third-order valence-electron chi connectivity index (χ3n) is 9.66. The van der Waals surface area contributed by atoms with E-state index in [-0.39, 0.29) is 0 Å². The number of benzene rings is 8. The molecular formula is C46H29NOS. The number of fused-ring (bicyclic) bond motifs is 8. The molecule has 0 atom stereocenters. The van der Waals surface area contributed by atoms with Gasteiger partial charge in [0.1, 0.15) is 11.2 Å². The zero-order chi connectivity index (χ0) is 32.3. The van der Waals surface area contributed by atoms with E-state index >= 15 is 0 Å². The molecule has 0 aliphatic heterocycles. The lowest BCUT2D eigenvalue weighted by atomic mass is 9.94. The summed E-state index contributed by atoms with van der Waals surface area (Å²) in [5.74, 6) is 0. The number of rotatable bonds is 5. The van der Waals surface area contributed by atoms with Crippen LogP contribution in [0.3, 0.4) is 0 Å². The molecule has 0 saturated carbocycles. The van der Waals surface area contributed by atoms with Gasteiger partial charge in [0.05, 0.1) is 0 Å². The van der Waals surface area contributed by atoms with Crippen molar-refractivity contribution in [3.8, 4) is 22.3 Å². The molecule has 3 heteroatoms. The number of hydrogen-bond donors (Lipinski definition) is 0. The summed E-state index contributed by atoms with van der Waals surface area (Å²) >= 11 is 1.88. The highest BCUT2D eigenvalue weighted by Crippen LogP contribution is 2.45. The molecule has 10 rings (SSSR count). The van der Waals surface area contributed by atoms with E-state index in [4.69, 9.17) is 4.42 Å². The van der Waals surface area contributed by atoms with Crippen LogP contribution in [0, 0.1) is 0 Å². The van der Waals surface area contributed by atoms with Gasteiger partial charge in [-0.3, -0.25) is 0 Å². The third-order valence-corrected chi connectivity index (χ3v) is 10.9. The van der Waals surface area contributed by atoms with Crippen molar-refractivity contribution in [3.05, 3.63) is 176 Å². The van der Waals surface area contributed by atoms with Crippen LogP contribution in [0.1, 0.15) is 0 Å². The molecule has 2 aromatic heterocycles. The molecule has 0 amide bonds. The average molecular weight is 644 g/mol. The number of nitrogens with zero attached hydrogens (tertiary/aromatic N) is 1. The van der Waals surface area contributed by atoms with Crippen LogP contribution in [0.4, 0.5) is 17.1 Å². The molecular weight excluding hydrogens is 615 g/mol. The Bertz CT molecular complexity index is 2770. The predicted molar refractivity (Wildman–Crippen MR) is 210 cm³/mol. The van der Waals surface area contributed by atoms with E-state index in [1.54, 1.807) is 0 Å². The molecule has 0 saturated heterocycles. The fraction of sp³-hybridized carbons (Fsp3) is 0. The van der Waals surface area contributed by atoms with Crippen molar-refractivity contribution >= 4 is 81.3 Å².